The molecule has 1 rings (SSSR count). The number of ether oxygens (including phenoxy) is 2. The highest BCUT2D eigenvalue weighted by molar-refractivity contribution is 6.41. The van der Waals surface area contributed by atoms with E-state index in [-0.39, 0.29) is 23.5 Å². The van der Waals surface area contributed by atoms with Crippen LogP contribution < -0.4 is 4.74 Å². The molecule has 0 unspecified atom stereocenters. The monoisotopic (exact) mass is 288 g/mol. The number of benzene rings is 1. The van der Waals surface area contributed by atoms with Crippen molar-refractivity contribution in [2.75, 3.05) is 6.61 Å². The number of rotatable bonds is 5. The van der Waals surface area contributed by atoms with E-state index in [0.29, 0.717) is 0 Å². The summed E-state index contributed by atoms with van der Waals surface area (Å²) in [4.78, 5) is 23.0. The molecule has 0 heterocycles. The van der Waals surface area contributed by atoms with Crippen LogP contribution in [-0.2, 0) is 9.53 Å². The number of carbonyl (C=O) groups excluding carboxylic acids is 2. The summed E-state index contributed by atoms with van der Waals surface area (Å²) in [7, 11) is 0. The number of carbonyl (C=O) groups is 2. The van der Waals surface area contributed by atoms with Gasteiger partial charge in [-0.2, -0.15) is 0 Å². The van der Waals surface area contributed by atoms with E-state index in [4.69, 9.17) is 16.3 Å². The number of halogens is 2. The van der Waals surface area contributed by atoms with Crippen molar-refractivity contribution in [2.45, 2.75) is 26.9 Å². The van der Waals surface area contributed by atoms with Gasteiger partial charge in [0.15, 0.2) is 11.6 Å². The molecule has 0 saturated carbocycles. The molecule has 0 amide bonds. The molecule has 0 aromatic heterocycles. The lowest BCUT2D eigenvalue weighted by Gasteiger charge is -2.12. The van der Waals surface area contributed by atoms with E-state index in [2.05, 4.69) is 4.74 Å². The Balaban J connectivity index is 3.17. The Kier molecular flexibility index (Phi) is 5.30. The van der Waals surface area contributed by atoms with Crippen LogP contribution >= 0.6 is 11.6 Å². The van der Waals surface area contributed by atoms with E-state index in [9.17, 15) is 14.0 Å². The second-order valence-electron chi connectivity index (χ2n) is 3.98. The van der Waals surface area contributed by atoms with Crippen molar-refractivity contribution in [1.29, 1.82) is 0 Å². The quantitative estimate of drug-likeness (QED) is 0.475. The Morgan fingerprint density at radius 2 is 2.00 bits per heavy atom. The Morgan fingerprint density at radius 3 is 2.53 bits per heavy atom. The van der Waals surface area contributed by atoms with Crippen molar-refractivity contribution < 1.29 is 23.5 Å². The fraction of sp³-hybridized carbons (Fsp3) is 0.385. The molecule has 0 radical (unpaired) electrons. The molecule has 0 atom stereocenters. The molecule has 104 valence electrons. The second-order valence-corrected chi connectivity index (χ2v) is 4.42. The first-order valence-corrected chi connectivity index (χ1v) is 6.11. The van der Waals surface area contributed by atoms with Crippen LogP contribution in [0.1, 0.15) is 31.1 Å². The summed E-state index contributed by atoms with van der Waals surface area (Å²) in [6.07, 6.45) is -0.293. The van der Waals surface area contributed by atoms with E-state index in [0.717, 1.165) is 6.07 Å². The van der Waals surface area contributed by atoms with Crippen LogP contribution in [0.15, 0.2) is 12.1 Å². The number of hydrogen-bond acceptors (Lipinski definition) is 4. The van der Waals surface area contributed by atoms with E-state index in [1.165, 1.54) is 6.07 Å². The lowest BCUT2D eigenvalue weighted by atomic mass is 10.1. The first-order valence-electron chi connectivity index (χ1n) is 5.74. The smallest absolute Gasteiger partial charge is 0.379 e. The molecule has 0 saturated heterocycles. The van der Waals surface area contributed by atoms with Gasteiger partial charge < -0.3 is 9.47 Å². The SMILES string of the molecule is CCOC(=O)C(=O)c1cc(Cl)cc(OC(C)C)c1F. The van der Waals surface area contributed by atoms with Crippen LogP contribution in [-0.4, -0.2) is 24.5 Å². The maximum Gasteiger partial charge on any atom is 0.379 e. The van der Waals surface area contributed by atoms with Gasteiger partial charge in [-0.3, -0.25) is 4.79 Å². The van der Waals surface area contributed by atoms with Gasteiger partial charge >= 0.3 is 5.97 Å². The standard InChI is InChI=1S/C13H14ClFO4/c1-4-18-13(17)12(16)9-5-8(14)6-10(11(9)15)19-7(2)3/h5-7H,4H2,1-3H3. The Morgan fingerprint density at radius 1 is 1.37 bits per heavy atom. The molecular formula is C13H14ClFO4. The van der Waals surface area contributed by atoms with Gasteiger partial charge in [0.05, 0.1) is 18.3 Å². The zero-order valence-electron chi connectivity index (χ0n) is 10.8. The molecule has 0 N–H and O–H groups in total. The van der Waals surface area contributed by atoms with Crippen LogP contribution in [0.5, 0.6) is 5.75 Å². The van der Waals surface area contributed by atoms with Crippen LogP contribution in [0.2, 0.25) is 5.02 Å². The van der Waals surface area contributed by atoms with Crippen molar-refractivity contribution in [3.8, 4) is 5.75 Å². The van der Waals surface area contributed by atoms with Crippen molar-refractivity contribution in [3.63, 3.8) is 0 Å². The van der Waals surface area contributed by atoms with Crippen LogP contribution in [0.3, 0.4) is 0 Å². The number of ketones is 1. The summed E-state index contributed by atoms with van der Waals surface area (Å²) >= 11 is 5.78. The van der Waals surface area contributed by atoms with E-state index in [1.54, 1.807) is 20.8 Å². The van der Waals surface area contributed by atoms with Gasteiger partial charge in [-0.05, 0) is 26.8 Å². The van der Waals surface area contributed by atoms with Crippen molar-refractivity contribution in [1.82, 2.24) is 0 Å². The largest absolute Gasteiger partial charge is 0.488 e. The summed E-state index contributed by atoms with van der Waals surface area (Å²) in [5.74, 6) is -3.30. The summed E-state index contributed by atoms with van der Waals surface area (Å²) in [6.45, 7) is 4.98. The molecular weight excluding hydrogens is 275 g/mol. The van der Waals surface area contributed by atoms with Gasteiger partial charge in [-0.25, -0.2) is 9.18 Å². The maximum absolute atomic E-state index is 14.1. The Labute approximate surface area is 115 Å². The highest BCUT2D eigenvalue weighted by Gasteiger charge is 2.24. The summed E-state index contributed by atoms with van der Waals surface area (Å²) < 4.78 is 23.8. The predicted molar refractivity (Wildman–Crippen MR) is 68.1 cm³/mol. The van der Waals surface area contributed by atoms with Gasteiger partial charge in [0.1, 0.15) is 0 Å². The van der Waals surface area contributed by atoms with Gasteiger partial charge in [0.25, 0.3) is 5.78 Å². The minimum atomic E-state index is -1.13. The Hall–Kier alpha value is -1.62. The molecule has 6 heteroatoms. The van der Waals surface area contributed by atoms with Crippen molar-refractivity contribution >= 4 is 23.4 Å². The van der Waals surface area contributed by atoms with E-state index < -0.39 is 23.1 Å². The van der Waals surface area contributed by atoms with Crippen molar-refractivity contribution in [2.24, 2.45) is 0 Å². The highest BCUT2D eigenvalue weighted by Crippen LogP contribution is 2.27. The first kappa shape index (κ1) is 15.4. The Bertz CT molecular complexity index is 500. The zero-order valence-corrected chi connectivity index (χ0v) is 11.6. The molecule has 0 aliphatic carbocycles. The molecule has 0 aliphatic rings. The average Bonchev–Trinajstić information content (AvgIpc) is 2.32. The zero-order chi connectivity index (χ0) is 14.6. The predicted octanol–water partition coefficient (Wildman–Crippen LogP) is 3.01. The molecule has 0 aliphatic heterocycles. The first-order chi connectivity index (χ1) is 8.86. The third kappa shape index (κ3) is 3.92. The molecule has 0 bridgehead atoms. The van der Waals surface area contributed by atoms with Crippen LogP contribution in [0.25, 0.3) is 0 Å². The molecule has 4 nitrogen and oxygen atoms in total. The second kappa shape index (κ2) is 6.52. The molecule has 1 aromatic carbocycles. The third-order valence-electron chi connectivity index (χ3n) is 2.07. The number of Topliss-reactive ketones (excluding diaryl/α,β-unsaturated/α-hetero) is 1. The van der Waals surface area contributed by atoms with Gasteiger partial charge in [0.2, 0.25) is 0 Å². The molecule has 0 spiro atoms. The van der Waals surface area contributed by atoms with Crippen LogP contribution in [0.4, 0.5) is 4.39 Å². The third-order valence-corrected chi connectivity index (χ3v) is 2.29. The normalized spacial score (nSPS) is 10.4. The number of hydrogen-bond donors (Lipinski definition) is 0. The topological polar surface area (TPSA) is 52.6 Å². The molecule has 1 aromatic rings. The fourth-order valence-corrected chi connectivity index (χ4v) is 1.58. The summed E-state index contributed by atoms with van der Waals surface area (Å²) in [5, 5.41) is 0.102. The highest BCUT2D eigenvalue weighted by atomic mass is 35.5. The van der Waals surface area contributed by atoms with Gasteiger partial charge in [-0.15, -0.1) is 0 Å². The molecule has 0 fully saturated rings. The lowest BCUT2D eigenvalue weighted by Crippen LogP contribution is -2.19. The number of esters is 1. The summed E-state index contributed by atoms with van der Waals surface area (Å²) in [5.41, 5.74) is -0.457. The lowest BCUT2D eigenvalue weighted by molar-refractivity contribution is -0.137. The van der Waals surface area contributed by atoms with Gasteiger partial charge in [-0.1, -0.05) is 11.6 Å². The van der Waals surface area contributed by atoms with Gasteiger partial charge in [0, 0.05) is 11.1 Å². The molecule has 19 heavy (non-hydrogen) atoms. The minimum absolute atomic E-state index is 0.0299. The minimum Gasteiger partial charge on any atom is -0.488 e. The maximum atomic E-state index is 14.1. The van der Waals surface area contributed by atoms with Crippen molar-refractivity contribution in [3.05, 3.63) is 28.5 Å². The van der Waals surface area contributed by atoms with Crippen LogP contribution in [0, 0.1) is 5.82 Å². The van der Waals surface area contributed by atoms with E-state index >= 15 is 0 Å². The average molecular weight is 289 g/mol. The fourth-order valence-electron chi connectivity index (χ4n) is 1.38. The summed E-state index contributed by atoms with van der Waals surface area (Å²) in [6, 6.07) is 2.32. The van der Waals surface area contributed by atoms with E-state index in [1.807, 2.05) is 0 Å².